The van der Waals surface area contributed by atoms with Crippen molar-refractivity contribution in [1.29, 1.82) is 0 Å². The van der Waals surface area contributed by atoms with Crippen LogP contribution < -0.4 is 33.8 Å². The number of allylic oxidation sites excluding steroid dienone is 1. The van der Waals surface area contributed by atoms with Crippen LogP contribution in [0.15, 0.2) is 94.2 Å². The number of benzene rings is 4. The monoisotopic (exact) mass is 684 g/mol. The molecule has 0 fully saturated rings. The van der Waals surface area contributed by atoms with Gasteiger partial charge in [-0.3, -0.25) is 9.36 Å². The molecule has 47 heavy (non-hydrogen) atoms. The second kappa shape index (κ2) is 13.0. The van der Waals surface area contributed by atoms with E-state index in [9.17, 15) is 4.79 Å². The molecule has 10 heteroatoms. The first-order chi connectivity index (χ1) is 22.9. The van der Waals surface area contributed by atoms with Crippen molar-refractivity contribution in [2.45, 2.75) is 25.5 Å². The van der Waals surface area contributed by atoms with Gasteiger partial charge >= 0.3 is 0 Å². The summed E-state index contributed by atoms with van der Waals surface area (Å²) in [6.45, 7) is 0.244. The fourth-order valence-electron chi connectivity index (χ4n) is 6.18. The van der Waals surface area contributed by atoms with E-state index < -0.39 is 0 Å². The van der Waals surface area contributed by atoms with Gasteiger partial charge in [-0.25, -0.2) is 4.99 Å². The van der Waals surface area contributed by atoms with Crippen LogP contribution in [0.25, 0.3) is 11.8 Å². The summed E-state index contributed by atoms with van der Waals surface area (Å²) in [5, 5.41) is 1.09. The highest BCUT2D eigenvalue weighted by Gasteiger charge is 2.33. The Morgan fingerprint density at radius 2 is 1.64 bits per heavy atom. The number of rotatable bonds is 8. The van der Waals surface area contributed by atoms with Gasteiger partial charge in [0.05, 0.1) is 37.6 Å². The zero-order chi connectivity index (χ0) is 32.7. The van der Waals surface area contributed by atoms with Gasteiger partial charge in [0, 0.05) is 21.2 Å². The van der Waals surface area contributed by atoms with Gasteiger partial charge in [-0.1, -0.05) is 77.0 Å². The topological polar surface area (TPSA) is 71.3 Å². The van der Waals surface area contributed by atoms with E-state index >= 15 is 0 Å². The van der Waals surface area contributed by atoms with E-state index in [1.54, 1.807) is 33.5 Å². The van der Waals surface area contributed by atoms with Crippen molar-refractivity contribution >= 4 is 46.3 Å². The number of aryl methyl sites for hydroxylation is 1. The SMILES string of the molecule is COc1ccc([C@@H]2C3=C(N=c4s/c(=C\c5ccc(OCc6ccc(Cl)cc6Cl)c(OC)c5)c(=O)n42)c2ccccc2CC3)cc1OC. The first-order valence-corrected chi connectivity index (χ1v) is 16.6. The minimum Gasteiger partial charge on any atom is -0.493 e. The molecule has 0 saturated carbocycles. The molecule has 0 unspecified atom stereocenters. The minimum absolute atomic E-state index is 0.115. The Balaban J connectivity index is 1.31. The van der Waals surface area contributed by atoms with Crippen molar-refractivity contribution in [3.05, 3.63) is 142 Å². The molecule has 238 valence electrons. The molecule has 0 radical (unpaired) electrons. The number of aromatic nitrogens is 1. The Hall–Kier alpha value is -4.50. The van der Waals surface area contributed by atoms with E-state index in [0.717, 1.165) is 46.4 Å². The summed E-state index contributed by atoms with van der Waals surface area (Å²) >= 11 is 13.7. The fourth-order valence-corrected chi connectivity index (χ4v) is 7.65. The number of thiazole rings is 1. The van der Waals surface area contributed by atoms with Crippen molar-refractivity contribution < 1.29 is 18.9 Å². The van der Waals surface area contributed by atoms with Gasteiger partial charge in [-0.15, -0.1) is 0 Å². The van der Waals surface area contributed by atoms with Crippen LogP contribution in [0.1, 0.15) is 40.3 Å². The fraction of sp³-hybridized carbons (Fsp3) is 0.189. The molecule has 7 rings (SSSR count). The molecule has 5 aromatic rings. The van der Waals surface area contributed by atoms with E-state index in [4.69, 9.17) is 47.1 Å². The lowest BCUT2D eigenvalue weighted by molar-refractivity contribution is 0.284. The zero-order valence-electron chi connectivity index (χ0n) is 25.9. The number of nitrogens with zero attached hydrogens (tertiary/aromatic N) is 2. The molecule has 7 nitrogen and oxygen atoms in total. The Morgan fingerprint density at radius 3 is 2.43 bits per heavy atom. The number of hydrogen-bond donors (Lipinski definition) is 0. The van der Waals surface area contributed by atoms with Crippen LogP contribution in [0.4, 0.5) is 0 Å². The van der Waals surface area contributed by atoms with E-state index in [1.807, 2.05) is 59.2 Å². The summed E-state index contributed by atoms with van der Waals surface area (Å²) in [4.78, 5) is 20.0. The molecule has 1 aliphatic carbocycles. The van der Waals surface area contributed by atoms with Crippen LogP contribution in [0, 0.1) is 0 Å². The lowest BCUT2D eigenvalue weighted by Gasteiger charge is -2.31. The van der Waals surface area contributed by atoms with Gasteiger partial charge < -0.3 is 18.9 Å². The predicted molar refractivity (Wildman–Crippen MR) is 186 cm³/mol. The third kappa shape index (κ3) is 5.82. The van der Waals surface area contributed by atoms with E-state index in [0.29, 0.717) is 42.4 Å². The van der Waals surface area contributed by atoms with Gasteiger partial charge in [-0.2, -0.15) is 0 Å². The summed E-state index contributed by atoms with van der Waals surface area (Å²) < 4.78 is 25.2. The molecule has 1 aliphatic heterocycles. The average Bonchev–Trinajstić information content (AvgIpc) is 3.40. The predicted octanol–water partition coefficient (Wildman–Crippen LogP) is 7.23. The van der Waals surface area contributed by atoms with Gasteiger partial charge in [-0.05, 0) is 77.6 Å². The molecule has 2 aliphatic rings. The zero-order valence-corrected chi connectivity index (χ0v) is 28.2. The standard InChI is InChI=1S/C37H30Cl2N2O5S/c1-43-29-15-11-23(18-32(29)45-3)35-27-13-10-22-6-4-5-7-26(22)34(27)40-37-41(35)36(42)33(47-37)17-21-8-14-30(31(16-21)44-2)46-20-24-9-12-25(38)19-28(24)39/h4-9,11-12,14-19,35H,10,13,20H2,1-3H3/b33-17-/t35-/m1/s1. The molecule has 2 heterocycles. The van der Waals surface area contributed by atoms with Crippen molar-refractivity contribution in [2.24, 2.45) is 4.99 Å². The van der Waals surface area contributed by atoms with Crippen molar-refractivity contribution in [2.75, 3.05) is 21.3 Å². The summed E-state index contributed by atoms with van der Waals surface area (Å²) in [6, 6.07) is 24.7. The van der Waals surface area contributed by atoms with E-state index in [-0.39, 0.29) is 18.2 Å². The van der Waals surface area contributed by atoms with Crippen LogP contribution in [0.2, 0.25) is 10.0 Å². The number of methoxy groups -OCH3 is 3. The van der Waals surface area contributed by atoms with Crippen molar-refractivity contribution in [1.82, 2.24) is 4.57 Å². The maximum absolute atomic E-state index is 14.3. The second-order valence-corrected chi connectivity index (χ2v) is 13.0. The van der Waals surface area contributed by atoms with E-state index in [1.165, 1.54) is 16.9 Å². The van der Waals surface area contributed by atoms with E-state index in [2.05, 4.69) is 18.2 Å². The molecular weight excluding hydrogens is 655 g/mol. The maximum atomic E-state index is 14.3. The highest BCUT2D eigenvalue weighted by Crippen LogP contribution is 2.43. The van der Waals surface area contributed by atoms with Crippen LogP contribution in [-0.4, -0.2) is 25.9 Å². The molecule has 4 aromatic carbocycles. The number of halogens is 2. The number of fused-ring (bicyclic) bond motifs is 3. The summed E-state index contributed by atoms with van der Waals surface area (Å²) in [5.41, 5.74) is 6.82. The molecular formula is C37H30Cl2N2O5S. The average molecular weight is 686 g/mol. The molecule has 0 bridgehead atoms. The summed E-state index contributed by atoms with van der Waals surface area (Å²) in [6.07, 6.45) is 3.53. The second-order valence-electron chi connectivity index (χ2n) is 11.2. The van der Waals surface area contributed by atoms with Crippen molar-refractivity contribution in [3.8, 4) is 23.0 Å². The quantitative estimate of drug-likeness (QED) is 0.173. The first-order valence-electron chi connectivity index (χ1n) is 15.0. The lowest BCUT2D eigenvalue weighted by atomic mass is 9.83. The molecule has 0 saturated heterocycles. The Bertz CT molecular complexity index is 2240. The Morgan fingerprint density at radius 1 is 0.872 bits per heavy atom. The van der Waals surface area contributed by atoms with Gasteiger partial charge in [0.15, 0.2) is 27.8 Å². The summed E-state index contributed by atoms with van der Waals surface area (Å²) in [7, 11) is 4.81. The highest BCUT2D eigenvalue weighted by molar-refractivity contribution is 7.07. The first kappa shape index (κ1) is 31.1. The highest BCUT2D eigenvalue weighted by atomic mass is 35.5. The van der Waals surface area contributed by atoms with Gasteiger partial charge in [0.1, 0.15) is 6.61 Å². The third-order valence-corrected chi connectivity index (χ3v) is 10.0. The van der Waals surface area contributed by atoms with Crippen LogP contribution in [0.5, 0.6) is 23.0 Å². The Kier molecular flexibility index (Phi) is 8.57. The van der Waals surface area contributed by atoms with Crippen LogP contribution in [0.3, 0.4) is 0 Å². The van der Waals surface area contributed by atoms with Gasteiger partial charge in [0.2, 0.25) is 0 Å². The Labute approximate surface area is 285 Å². The molecule has 1 atom stereocenters. The maximum Gasteiger partial charge on any atom is 0.271 e. The smallest absolute Gasteiger partial charge is 0.271 e. The molecule has 1 aromatic heterocycles. The third-order valence-electron chi connectivity index (χ3n) is 8.48. The van der Waals surface area contributed by atoms with Crippen LogP contribution >= 0.6 is 34.5 Å². The molecule has 0 N–H and O–H groups in total. The largest absolute Gasteiger partial charge is 0.493 e. The normalized spacial score (nSPS) is 15.3. The van der Waals surface area contributed by atoms with Gasteiger partial charge in [0.25, 0.3) is 5.56 Å². The number of ether oxygens (including phenoxy) is 4. The van der Waals surface area contributed by atoms with Crippen LogP contribution in [-0.2, 0) is 13.0 Å². The molecule has 0 amide bonds. The minimum atomic E-state index is -0.346. The molecule has 0 spiro atoms. The van der Waals surface area contributed by atoms with Crippen molar-refractivity contribution in [3.63, 3.8) is 0 Å². The lowest BCUT2D eigenvalue weighted by Crippen LogP contribution is -2.38. The number of hydrogen-bond acceptors (Lipinski definition) is 7. The summed E-state index contributed by atoms with van der Waals surface area (Å²) in [5.74, 6) is 2.32.